The van der Waals surface area contributed by atoms with Crippen LogP contribution < -0.4 is 4.74 Å². The molecule has 0 aliphatic carbocycles. The highest BCUT2D eigenvalue weighted by Gasteiger charge is 2.53. The third kappa shape index (κ3) is 5.99. The summed E-state index contributed by atoms with van der Waals surface area (Å²) in [4.78, 5) is 5.63. The van der Waals surface area contributed by atoms with Gasteiger partial charge in [0, 0.05) is 19.3 Å². The maximum absolute atomic E-state index is 13.5. The highest BCUT2D eigenvalue weighted by atomic mass is 32.2. The fourth-order valence-electron chi connectivity index (χ4n) is 5.51. The monoisotopic (exact) mass is 558 g/mol. The van der Waals surface area contributed by atoms with Crippen LogP contribution in [0.5, 0.6) is 5.75 Å². The van der Waals surface area contributed by atoms with Crippen molar-refractivity contribution in [3.05, 3.63) is 83.7 Å². The molecule has 5 nitrogen and oxygen atoms in total. The lowest BCUT2D eigenvalue weighted by Gasteiger charge is -2.49. The molecule has 5 rings (SSSR count). The minimum Gasteiger partial charge on any atom is -0.487 e. The van der Waals surface area contributed by atoms with E-state index in [9.17, 15) is 21.6 Å². The molecule has 1 saturated heterocycles. The van der Waals surface area contributed by atoms with Crippen LogP contribution in [0.15, 0.2) is 66.9 Å². The van der Waals surface area contributed by atoms with Crippen molar-refractivity contribution in [2.75, 3.05) is 13.1 Å². The summed E-state index contributed by atoms with van der Waals surface area (Å²) in [5, 5.41) is 0. The van der Waals surface area contributed by atoms with Gasteiger partial charge in [0.15, 0.2) is 9.84 Å². The summed E-state index contributed by atoms with van der Waals surface area (Å²) < 4.78 is 72.2. The van der Waals surface area contributed by atoms with Gasteiger partial charge in [0.25, 0.3) is 0 Å². The summed E-state index contributed by atoms with van der Waals surface area (Å²) in [6.07, 6.45) is 0.0221. The molecular formula is C30H33F3N2O3S. The maximum Gasteiger partial charge on any atom is 0.406 e. The number of benzene rings is 2. The van der Waals surface area contributed by atoms with Crippen molar-refractivity contribution in [2.45, 2.75) is 68.4 Å². The summed E-state index contributed by atoms with van der Waals surface area (Å²) in [6, 6.07) is 18.8. The Bertz CT molecular complexity index is 1410. The van der Waals surface area contributed by atoms with Crippen LogP contribution in [-0.4, -0.2) is 48.7 Å². The minimum atomic E-state index is -4.28. The average molecular weight is 559 g/mol. The van der Waals surface area contributed by atoms with Gasteiger partial charge >= 0.3 is 6.18 Å². The van der Waals surface area contributed by atoms with Gasteiger partial charge in [-0.05, 0) is 86.1 Å². The number of sulfone groups is 1. The van der Waals surface area contributed by atoms with Crippen LogP contribution in [0.25, 0.3) is 11.1 Å². The molecule has 2 aliphatic rings. The van der Waals surface area contributed by atoms with Gasteiger partial charge in [-0.2, -0.15) is 13.2 Å². The first-order chi connectivity index (χ1) is 18.4. The molecule has 0 atom stereocenters. The number of hydrogen-bond donors (Lipinski definition) is 0. The first kappa shape index (κ1) is 27.6. The van der Waals surface area contributed by atoms with Gasteiger partial charge in [-0.25, -0.2) is 8.42 Å². The molecule has 9 heteroatoms. The zero-order valence-corrected chi connectivity index (χ0v) is 23.0. The lowest BCUT2D eigenvalue weighted by atomic mass is 9.81. The Morgan fingerprint density at radius 1 is 0.923 bits per heavy atom. The molecular weight excluding hydrogens is 525 g/mol. The highest BCUT2D eigenvalue weighted by molar-refractivity contribution is 7.89. The zero-order valence-electron chi connectivity index (χ0n) is 22.2. The lowest BCUT2D eigenvalue weighted by molar-refractivity contribution is -0.227. The van der Waals surface area contributed by atoms with E-state index in [2.05, 4.69) is 11.1 Å². The molecule has 2 aromatic carbocycles. The number of aromatic nitrogens is 1. The van der Waals surface area contributed by atoms with Gasteiger partial charge in [-0.15, -0.1) is 0 Å². The Morgan fingerprint density at radius 2 is 1.62 bits per heavy atom. The van der Waals surface area contributed by atoms with E-state index < -0.39 is 27.2 Å². The van der Waals surface area contributed by atoms with Crippen molar-refractivity contribution in [3.8, 4) is 16.9 Å². The topological polar surface area (TPSA) is 59.5 Å². The van der Waals surface area contributed by atoms with E-state index >= 15 is 0 Å². The third-order valence-electron chi connectivity index (χ3n) is 8.16. The molecule has 2 aliphatic heterocycles. The van der Waals surface area contributed by atoms with Gasteiger partial charge in [0.2, 0.25) is 0 Å². The fraction of sp³-hybridized carbons (Fsp3) is 0.433. The van der Waals surface area contributed by atoms with E-state index in [-0.39, 0.29) is 11.5 Å². The minimum absolute atomic E-state index is 0.0540. The average Bonchev–Trinajstić information content (AvgIpc) is 2.88. The summed E-state index contributed by atoms with van der Waals surface area (Å²) in [5.74, 6) is 0.646. The predicted molar refractivity (Wildman–Crippen MR) is 145 cm³/mol. The molecule has 0 unspecified atom stereocenters. The standard InChI is InChI=1S/C30H33F3N2O3S/c1-28(2,30(31,32)33)35-17-14-29(15-18-35)13-12-25-19-24(10-11-27(25)38-29)23-8-6-22(7-9-23)20-39(36,37)21-26-5-3-4-16-34-26/h3-11,16,19H,12-15,17-18,20-21H2,1-2H3. The lowest BCUT2D eigenvalue weighted by Crippen LogP contribution is -2.60. The van der Waals surface area contributed by atoms with Crippen LogP contribution in [0.1, 0.15) is 49.9 Å². The van der Waals surface area contributed by atoms with Crippen LogP contribution >= 0.6 is 0 Å². The zero-order chi connectivity index (χ0) is 27.9. The van der Waals surface area contributed by atoms with Crippen molar-refractivity contribution in [1.82, 2.24) is 9.88 Å². The molecule has 0 amide bonds. The number of hydrogen-bond acceptors (Lipinski definition) is 5. The van der Waals surface area contributed by atoms with Crippen molar-refractivity contribution in [3.63, 3.8) is 0 Å². The van der Waals surface area contributed by atoms with Crippen LogP contribution in [0.3, 0.4) is 0 Å². The largest absolute Gasteiger partial charge is 0.487 e. The first-order valence-electron chi connectivity index (χ1n) is 13.2. The quantitative estimate of drug-likeness (QED) is 0.352. The molecule has 0 N–H and O–H groups in total. The van der Waals surface area contributed by atoms with Gasteiger partial charge in [0.05, 0.1) is 17.2 Å². The Labute approximate surface area is 227 Å². The van der Waals surface area contributed by atoms with Crippen molar-refractivity contribution < 1.29 is 26.3 Å². The Morgan fingerprint density at radius 3 is 2.26 bits per heavy atom. The smallest absolute Gasteiger partial charge is 0.406 e. The summed E-state index contributed by atoms with van der Waals surface area (Å²) in [6.45, 7) is 3.20. The molecule has 0 radical (unpaired) electrons. The van der Waals surface area contributed by atoms with Crippen LogP contribution in [0.4, 0.5) is 13.2 Å². The molecule has 208 valence electrons. The Kier molecular flexibility index (Phi) is 7.26. The van der Waals surface area contributed by atoms with E-state index in [0.717, 1.165) is 40.8 Å². The number of pyridine rings is 1. The van der Waals surface area contributed by atoms with E-state index in [0.29, 0.717) is 31.6 Å². The fourth-order valence-corrected chi connectivity index (χ4v) is 6.94. The van der Waals surface area contributed by atoms with Gasteiger partial charge in [-0.1, -0.05) is 36.4 Å². The summed E-state index contributed by atoms with van der Waals surface area (Å²) in [5.41, 5.74) is 2.05. The molecule has 39 heavy (non-hydrogen) atoms. The number of piperidine rings is 1. The van der Waals surface area contributed by atoms with Crippen molar-refractivity contribution in [2.24, 2.45) is 0 Å². The molecule has 3 heterocycles. The van der Waals surface area contributed by atoms with Gasteiger partial charge in [0.1, 0.15) is 16.9 Å². The number of nitrogens with zero attached hydrogens (tertiary/aromatic N) is 2. The van der Waals surface area contributed by atoms with Gasteiger partial charge < -0.3 is 4.74 Å². The number of likely N-dealkylation sites (tertiary alicyclic amines) is 1. The molecule has 1 fully saturated rings. The Balaban J connectivity index is 1.23. The summed E-state index contributed by atoms with van der Waals surface area (Å²) >= 11 is 0. The van der Waals surface area contributed by atoms with Crippen molar-refractivity contribution >= 4 is 9.84 Å². The van der Waals surface area contributed by atoms with Crippen LogP contribution in [-0.2, 0) is 27.8 Å². The first-order valence-corrected chi connectivity index (χ1v) is 15.0. The number of halogens is 3. The molecule has 3 aromatic rings. The molecule has 0 saturated carbocycles. The van der Waals surface area contributed by atoms with E-state index in [1.54, 1.807) is 24.4 Å². The second kappa shape index (κ2) is 10.2. The highest BCUT2D eigenvalue weighted by Crippen LogP contribution is 2.44. The third-order valence-corrected chi connectivity index (χ3v) is 9.67. The van der Waals surface area contributed by atoms with E-state index in [1.165, 1.54) is 18.7 Å². The number of ether oxygens (including phenoxy) is 1. The molecule has 1 spiro atoms. The number of alkyl halides is 3. The van der Waals surface area contributed by atoms with Gasteiger partial charge in [-0.3, -0.25) is 9.88 Å². The summed E-state index contributed by atoms with van der Waals surface area (Å²) in [7, 11) is -3.35. The SMILES string of the molecule is CC(C)(N1CCC2(CCc3cc(-c4ccc(CS(=O)(=O)Cc5ccccn5)cc4)ccc3O2)CC1)C(F)(F)F. The molecule has 0 bridgehead atoms. The maximum atomic E-state index is 13.5. The normalized spacial score (nSPS) is 18.0. The van der Waals surface area contributed by atoms with Crippen molar-refractivity contribution in [1.29, 1.82) is 0 Å². The second-order valence-electron chi connectivity index (χ2n) is 11.2. The predicted octanol–water partition coefficient (Wildman–Crippen LogP) is 6.36. The molecule has 1 aromatic heterocycles. The van der Waals surface area contributed by atoms with E-state index in [1.807, 2.05) is 36.4 Å². The Hall–Kier alpha value is -2.91. The van der Waals surface area contributed by atoms with E-state index in [4.69, 9.17) is 4.74 Å². The number of aryl methyl sites for hydroxylation is 1. The van der Waals surface area contributed by atoms with Crippen LogP contribution in [0.2, 0.25) is 0 Å². The number of fused-ring (bicyclic) bond motifs is 1. The second-order valence-corrected chi connectivity index (χ2v) is 13.3. The number of rotatable bonds is 6. The van der Waals surface area contributed by atoms with Crippen LogP contribution in [0, 0.1) is 0 Å².